The van der Waals surface area contributed by atoms with Gasteiger partial charge < -0.3 is 10.2 Å². The number of Topliss-reactive ketones (excluding diaryl/α,β-unsaturated/α-hetero) is 3. The fraction of sp³-hybridized carbons (Fsp3) is 0.543. The van der Waals surface area contributed by atoms with Crippen molar-refractivity contribution in [2.24, 2.45) is 5.41 Å². The molecule has 1 amide bonds. The highest BCUT2D eigenvalue weighted by atomic mass is 19.4. The van der Waals surface area contributed by atoms with Crippen LogP contribution >= 0.6 is 0 Å². The molecule has 250 valence electrons. The Kier molecular flexibility index (Phi) is 8.73. The van der Waals surface area contributed by atoms with E-state index in [1.807, 2.05) is 12.1 Å². The predicted molar refractivity (Wildman–Crippen MR) is 169 cm³/mol. The Labute approximate surface area is 271 Å². The van der Waals surface area contributed by atoms with Gasteiger partial charge in [-0.1, -0.05) is 18.9 Å². The van der Waals surface area contributed by atoms with Crippen molar-refractivity contribution >= 4 is 39.8 Å². The summed E-state index contributed by atoms with van der Waals surface area (Å²) in [6.07, 6.45) is 1.62. The lowest BCUT2D eigenvalue weighted by atomic mass is 9.89. The van der Waals surface area contributed by atoms with E-state index in [-0.39, 0.29) is 59.1 Å². The van der Waals surface area contributed by atoms with Crippen molar-refractivity contribution in [3.05, 3.63) is 52.5 Å². The lowest BCUT2D eigenvalue weighted by molar-refractivity contribution is -0.141. The summed E-state index contributed by atoms with van der Waals surface area (Å²) in [7, 11) is 1.80. The van der Waals surface area contributed by atoms with E-state index in [9.17, 15) is 32.3 Å². The van der Waals surface area contributed by atoms with Crippen molar-refractivity contribution in [3.8, 4) is 0 Å². The maximum atomic E-state index is 14.3. The van der Waals surface area contributed by atoms with Crippen LogP contribution in [0.5, 0.6) is 0 Å². The van der Waals surface area contributed by atoms with Gasteiger partial charge in [0.15, 0.2) is 11.6 Å². The van der Waals surface area contributed by atoms with Gasteiger partial charge in [0, 0.05) is 43.9 Å². The van der Waals surface area contributed by atoms with Crippen molar-refractivity contribution in [1.29, 1.82) is 0 Å². The minimum absolute atomic E-state index is 0.0330. The molecule has 1 aromatic carbocycles. The smallest absolute Gasteiger partial charge is 0.388 e. The Bertz CT molecular complexity index is 1770. The lowest BCUT2D eigenvalue weighted by Gasteiger charge is -2.27. The second-order valence-corrected chi connectivity index (χ2v) is 13.5. The molecule has 2 bridgehead atoms. The van der Waals surface area contributed by atoms with Gasteiger partial charge >= 0.3 is 6.18 Å². The predicted octanol–water partition coefficient (Wildman–Crippen LogP) is 6.03. The Hall–Kier alpha value is -4.09. The SMILES string of the molecule is CNc1cc2c3c(c1)c(C(C)=O)nn3CC(=O)N1[C@H](C(=O)Cc3nc(C(F)(F)F)ccc3C)C[C@@]3(CCC(=O)CCCCCC2)C[C@@H]13. The van der Waals surface area contributed by atoms with Crippen LogP contribution in [0.3, 0.4) is 0 Å². The van der Waals surface area contributed by atoms with Gasteiger partial charge in [-0.15, -0.1) is 0 Å². The van der Waals surface area contributed by atoms with Crippen LogP contribution in [0.1, 0.15) is 97.7 Å². The number of hydrogen-bond donors (Lipinski definition) is 1. The highest BCUT2D eigenvalue weighted by molar-refractivity contribution is 6.06. The van der Waals surface area contributed by atoms with E-state index < -0.39 is 17.9 Å². The Morgan fingerprint density at radius 1 is 1.04 bits per heavy atom. The van der Waals surface area contributed by atoms with Gasteiger partial charge in [-0.2, -0.15) is 18.3 Å². The molecule has 0 unspecified atom stereocenters. The highest BCUT2D eigenvalue weighted by Crippen LogP contribution is 2.62. The number of rotatable bonds is 5. The maximum Gasteiger partial charge on any atom is 0.433 e. The van der Waals surface area contributed by atoms with E-state index in [4.69, 9.17) is 0 Å². The van der Waals surface area contributed by atoms with Gasteiger partial charge in [-0.3, -0.25) is 23.9 Å². The second kappa shape index (κ2) is 12.5. The van der Waals surface area contributed by atoms with Crippen LogP contribution in [0.2, 0.25) is 0 Å². The fourth-order valence-electron chi connectivity index (χ4n) is 7.65. The molecular weight excluding hydrogens is 611 g/mol. The largest absolute Gasteiger partial charge is 0.433 e. The van der Waals surface area contributed by atoms with Crippen LogP contribution in [0, 0.1) is 12.3 Å². The maximum absolute atomic E-state index is 14.3. The zero-order valence-corrected chi connectivity index (χ0v) is 27.0. The molecule has 2 aromatic heterocycles. The Morgan fingerprint density at radius 2 is 1.79 bits per heavy atom. The number of alkyl halides is 3. The first kappa shape index (κ1) is 32.8. The number of piperidine rings is 1. The van der Waals surface area contributed by atoms with Crippen LogP contribution in [0.15, 0.2) is 24.3 Å². The molecule has 9 nitrogen and oxygen atoms in total. The number of aryl methyl sites for hydroxylation is 2. The number of ketones is 3. The number of carbonyl (C=O) groups excluding carboxylic acids is 4. The van der Waals surface area contributed by atoms with Gasteiger partial charge in [0.1, 0.15) is 23.7 Å². The number of hydrogen-bond acceptors (Lipinski definition) is 7. The Balaban J connectivity index is 1.38. The molecule has 3 aliphatic rings. The summed E-state index contributed by atoms with van der Waals surface area (Å²) in [6.45, 7) is 2.85. The normalized spacial score (nSPS) is 23.8. The zero-order chi connectivity index (χ0) is 33.7. The van der Waals surface area contributed by atoms with Crippen molar-refractivity contribution in [3.63, 3.8) is 0 Å². The molecule has 4 heterocycles. The van der Waals surface area contributed by atoms with Crippen LogP contribution in [-0.4, -0.2) is 62.1 Å². The minimum atomic E-state index is -4.66. The molecule has 1 saturated heterocycles. The molecule has 2 aliphatic heterocycles. The highest BCUT2D eigenvalue weighted by Gasteiger charge is 2.66. The fourth-order valence-corrected chi connectivity index (χ4v) is 7.65. The number of carbonyl (C=O) groups is 4. The molecule has 6 rings (SSSR count). The molecule has 1 N–H and O–H groups in total. The summed E-state index contributed by atoms with van der Waals surface area (Å²) in [4.78, 5) is 59.1. The van der Waals surface area contributed by atoms with Crippen LogP contribution in [0.25, 0.3) is 10.9 Å². The molecule has 12 heteroatoms. The number of amides is 1. The van der Waals surface area contributed by atoms with Gasteiger partial charge in [0.05, 0.1) is 23.7 Å². The van der Waals surface area contributed by atoms with E-state index >= 15 is 0 Å². The number of benzene rings is 1. The van der Waals surface area contributed by atoms with E-state index in [2.05, 4.69) is 15.4 Å². The first-order chi connectivity index (χ1) is 22.3. The van der Waals surface area contributed by atoms with Gasteiger partial charge in [0.25, 0.3) is 0 Å². The van der Waals surface area contributed by atoms with Gasteiger partial charge in [-0.25, -0.2) is 4.98 Å². The van der Waals surface area contributed by atoms with E-state index in [1.54, 1.807) is 23.6 Å². The number of nitrogens with zero attached hydrogens (tertiary/aromatic N) is 4. The molecule has 0 radical (unpaired) electrons. The lowest BCUT2D eigenvalue weighted by Crippen LogP contribution is -2.45. The molecular formula is C35H40F3N5O4. The quantitative estimate of drug-likeness (QED) is 0.335. The topological polar surface area (TPSA) is 114 Å². The second-order valence-electron chi connectivity index (χ2n) is 13.5. The van der Waals surface area contributed by atoms with Crippen molar-refractivity contribution in [1.82, 2.24) is 19.7 Å². The molecule has 3 aromatic rings. The summed E-state index contributed by atoms with van der Waals surface area (Å²) in [5.74, 6) is -0.785. The molecule has 47 heavy (non-hydrogen) atoms. The number of halogens is 3. The summed E-state index contributed by atoms with van der Waals surface area (Å²) >= 11 is 0. The summed E-state index contributed by atoms with van der Waals surface area (Å²) in [5.41, 5.74) is 1.77. The number of pyridine rings is 1. The van der Waals surface area contributed by atoms with Crippen LogP contribution < -0.4 is 5.32 Å². The van der Waals surface area contributed by atoms with Crippen molar-refractivity contribution < 1.29 is 32.3 Å². The number of aromatic nitrogens is 3. The summed E-state index contributed by atoms with van der Waals surface area (Å²) < 4.78 is 41.9. The monoisotopic (exact) mass is 651 g/mol. The van der Waals surface area contributed by atoms with E-state index in [0.29, 0.717) is 55.0 Å². The van der Waals surface area contributed by atoms with Crippen molar-refractivity contribution in [2.45, 2.75) is 109 Å². The van der Waals surface area contributed by atoms with E-state index in [0.717, 1.165) is 43.0 Å². The van der Waals surface area contributed by atoms with E-state index in [1.165, 1.54) is 13.0 Å². The molecule has 3 atom stereocenters. The van der Waals surface area contributed by atoms with Crippen LogP contribution in [-0.2, 0) is 39.9 Å². The summed E-state index contributed by atoms with van der Waals surface area (Å²) in [6, 6.07) is 4.94. The molecule has 1 saturated carbocycles. The van der Waals surface area contributed by atoms with Crippen molar-refractivity contribution in [2.75, 3.05) is 12.4 Å². The molecule has 1 aliphatic carbocycles. The van der Waals surface area contributed by atoms with Crippen LogP contribution in [0.4, 0.5) is 18.9 Å². The third kappa shape index (κ3) is 6.43. The Morgan fingerprint density at radius 3 is 2.49 bits per heavy atom. The third-order valence-corrected chi connectivity index (χ3v) is 10.3. The average Bonchev–Trinajstić information content (AvgIpc) is 3.43. The number of anilines is 1. The van der Waals surface area contributed by atoms with Gasteiger partial charge in [-0.05, 0) is 80.2 Å². The third-order valence-electron chi connectivity index (χ3n) is 10.3. The average molecular weight is 652 g/mol. The molecule has 0 spiro atoms. The first-order valence-corrected chi connectivity index (χ1v) is 16.4. The summed E-state index contributed by atoms with van der Waals surface area (Å²) in [5, 5.41) is 8.42. The zero-order valence-electron chi connectivity index (χ0n) is 27.0. The standard InChI is InChI=1S/C35H40F3N5O4/c1-20-10-11-29(35(36,37)38)40-26(20)16-28(46)27-17-34-13-12-24(45)9-7-5-4-6-8-22-14-23(39-3)15-25-32(21(2)44)41-42(33(22)25)19-31(47)43(27)30(34)18-34/h10-11,14-15,27,30,39H,4-9,12-13,16-19H2,1-3H3/t27-,30+,34-/m0/s1. The first-order valence-electron chi connectivity index (χ1n) is 16.4. The van der Waals surface area contributed by atoms with Gasteiger partial charge in [0.2, 0.25) is 5.91 Å². The molecule has 2 fully saturated rings. The number of nitrogens with one attached hydrogen (secondary N) is 1. The minimum Gasteiger partial charge on any atom is -0.388 e.